The van der Waals surface area contributed by atoms with Crippen molar-refractivity contribution in [2.45, 2.75) is 31.7 Å². The molecule has 3 aromatic rings. The van der Waals surface area contributed by atoms with E-state index in [0.717, 1.165) is 52.6 Å². The molecule has 2 N–H and O–H groups in total. The number of nitrogens with one attached hydrogen (secondary N) is 2. The lowest BCUT2D eigenvalue weighted by atomic mass is 9.85. The molecule has 0 radical (unpaired) electrons. The summed E-state index contributed by atoms with van der Waals surface area (Å²) in [5.74, 6) is 0.0373. The number of halogens is 1. The van der Waals surface area contributed by atoms with E-state index in [2.05, 4.69) is 26.2 Å². The fraction of sp³-hybridized carbons (Fsp3) is 0.364. The van der Waals surface area contributed by atoms with Crippen molar-refractivity contribution in [2.75, 3.05) is 24.3 Å². The summed E-state index contributed by atoms with van der Waals surface area (Å²) >= 11 is 3.50. The molecule has 0 unspecified atom stereocenters. The highest BCUT2D eigenvalue weighted by molar-refractivity contribution is 9.10. The Labute approximate surface area is 178 Å². The van der Waals surface area contributed by atoms with Gasteiger partial charge in [-0.1, -0.05) is 12.1 Å². The van der Waals surface area contributed by atoms with Crippen molar-refractivity contribution in [1.82, 2.24) is 9.55 Å². The second kappa shape index (κ2) is 8.06. The van der Waals surface area contributed by atoms with Crippen molar-refractivity contribution >= 4 is 44.2 Å². The maximum atomic E-state index is 12.8. The van der Waals surface area contributed by atoms with Crippen LogP contribution in [0.15, 0.2) is 51.7 Å². The van der Waals surface area contributed by atoms with E-state index in [9.17, 15) is 9.59 Å². The van der Waals surface area contributed by atoms with Gasteiger partial charge in [-0.3, -0.25) is 9.36 Å². The first-order chi connectivity index (χ1) is 13.9. The number of amides is 1. The van der Waals surface area contributed by atoms with Crippen LogP contribution in [0.1, 0.15) is 31.7 Å². The smallest absolute Gasteiger partial charge is 0.326 e. The van der Waals surface area contributed by atoms with E-state index >= 15 is 0 Å². The van der Waals surface area contributed by atoms with Crippen molar-refractivity contribution in [1.29, 1.82) is 0 Å². The summed E-state index contributed by atoms with van der Waals surface area (Å²) in [5.41, 5.74) is 3.54. The first-order valence-electron chi connectivity index (χ1n) is 9.91. The zero-order valence-electron chi connectivity index (χ0n) is 16.6. The van der Waals surface area contributed by atoms with Gasteiger partial charge in [-0.15, -0.1) is 0 Å². The number of fused-ring (bicyclic) bond motifs is 1. The van der Waals surface area contributed by atoms with E-state index in [1.54, 1.807) is 0 Å². The molecule has 0 bridgehead atoms. The van der Waals surface area contributed by atoms with Gasteiger partial charge >= 0.3 is 5.69 Å². The Morgan fingerprint density at radius 1 is 1.14 bits per heavy atom. The van der Waals surface area contributed by atoms with E-state index in [-0.39, 0.29) is 23.6 Å². The molecular formula is C22H25BrN4O2. The number of carbonyl (C=O) groups is 1. The third kappa shape index (κ3) is 3.96. The minimum Gasteiger partial charge on any atom is -0.378 e. The van der Waals surface area contributed by atoms with Crippen LogP contribution >= 0.6 is 15.9 Å². The quantitative estimate of drug-likeness (QED) is 0.605. The van der Waals surface area contributed by atoms with Crippen molar-refractivity contribution in [2.24, 2.45) is 5.92 Å². The molecule has 0 saturated heterocycles. The molecule has 4 rings (SSSR count). The van der Waals surface area contributed by atoms with Crippen LogP contribution in [0.3, 0.4) is 0 Å². The monoisotopic (exact) mass is 456 g/mol. The van der Waals surface area contributed by atoms with Crippen LogP contribution in [0.25, 0.3) is 11.0 Å². The normalized spacial score (nSPS) is 19.3. The van der Waals surface area contributed by atoms with Crippen molar-refractivity contribution < 1.29 is 4.79 Å². The van der Waals surface area contributed by atoms with Crippen molar-refractivity contribution in [3.05, 3.63) is 57.4 Å². The van der Waals surface area contributed by atoms with E-state index in [1.165, 1.54) is 0 Å². The summed E-state index contributed by atoms with van der Waals surface area (Å²) in [4.78, 5) is 30.3. The zero-order chi connectivity index (χ0) is 20.5. The van der Waals surface area contributed by atoms with Gasteiger partial charge in [-0.2, -0.15) is 0 Å². The average Bonchev–Trinajstić information content (AvgIpc) is 3.05. The van der Waals surface area contributed by atoms with Crippen LogP contribution in [0.4, 0.5) is 11.4 Å². The Hall–Kier alpha value is -2.54. The Balaban J connectivity index is 1.44. The number of anilines is 2. The minimum atomic E-state index is -0.0831. The molecule has 1 amide bonds. The molecule has 152 valence electrons. The topological polar surface area (TPSA) is 70.1 Å². The maximum Gasteiger partial charge on any atom is 0.326 e. The predicted octanol–water partition coefficient (Wildman–Crippen LogP) is 4.53. The number of H-pyrrole nitrogens is 1. The third-order valence-corrected chi connectivity index (χ3v) is 6.43. The summed E-state index contributed by atoms with van der Waals surface area (Å²) in [6, 6.07) is 13.8. The number of aromatic nitrogens is 2. The van der Waals surface area contributed by atoms with Crippen LogP contribution in [0.5, 0.6) is 0 Å². The number of nitrogens with zero attached hydrogens (tertiary/aromatic N) is 2. The minimum absolute atomic E-state index is 0.0260. The number of hydrogen-bond acceptors (Lipinski definition) is 3. The molecule has 2 aromatic carbocycles. The summed E-state index contributed by atoms with van der Waals surface area (Å²) in [6.07, 6.45) is 3.18. The zero-order valence-corrected chi connectivity index (χ0v) is 18.2. The Kier molecular flexibility index (Phi) is 5.50. The summed E-state index contributed by atoms with van der Waals surface area (Å²) in [7, 11) is 3.96. The number of para-hydroxylation sites is 1. The highest BCUT2D eigenvalue weighted by atomic mass is 79.9. The maximum absolute atomic E-state index is 12.8. The van der Waals surface area contributed by atoms with Gasteiger partial charge in [0.15, 0.2) is 0 Å². The number of carbonyl (C=O) groups excluding carboxylic acids is 1. The van der Waals surface area contributed by atoms with Gasteiger partial charge in [-0.25, -0.2) is 4.79 Å². The second-order valence-electron chi connectivity index (χ2n) is 7.87. The highest BCUT2D eigenvalue weighted by Gasteiger charge is 2.29. The molecule has 29 heavy (non-hydrogen) atoms. The number of imidazole rings is 1. The number of benzene rings is 2. The molecule has 1 heterocycles. The number of hydrogen-bond donors (Lipinski definition) is 2. The highest BCUT2D eigenvalue weighted by Crippen LogP contribution is 2.34. The molecule has 1 aromatic heterocycles. The summed E-state index contributed by atoms with van der Waals surface area (Å²) in [6.45, 7) is 0. The first-order valence-corrected chi connectivity index (χ1v) is 10.7. The Morgan fingerprint density at radius 2 is 1.86 bits per heavy atom. The molecule has 1 aliphatic carbocycles. The fourth-order valence-electron chi connectivity index (χ4n) is 4.18. The standard InChI is InChI=1S/C22H25BrN4O2/c1-26(2)17-6-3-5-15(13-17)24-21(28)14-9-11-16(12-10-14)27-19-8-4-7-18(23)20(19)25-22(27)29/h3-8,13-14,16H,9-12H2,1-2H3,(H,24,28)(H,25,29)/t14-,16+. The van der Waals surface area contributed by atoms with Gasteiger partial charge in [0.1, 0.15) is 0 Å². The molecular weight excluding hydrogens is 432 g/mol. The van der Waals surface area contributed by atoms with Crippen LogP contribution < -0.4 is 15.9 Å². The number of rotatable bonds is 4. The van der Waals surface area contributed by atoms with Gasteiger partial charge in [0, 0.05) is 41.9 Å². The summed E-state index contributed by atoms with van der Waals surface area (Å²) < 4.78 is 2.74. The van der Waals surface area contributed by atoms with Crippen molar-refractivity contribution in [3.8, 4) is 0 Å². The lowest BCUT2D eigenvalue weighted by Gasteiger charge is -2.28. The third-order valence-electron chi connectivity index (χ3n) is 5.76. The van der Waals surface area contributed by atoms with Gasteiger partial charge in [0.05, 0.1) is 11.0 Å². The summed E-state index contributed by atoms with van der Waals surface area (Å²) in [5, 5.41) is 3.06. The SMILES string of the molecule is CN(C)c1cccc(NC(=O)[C@H]2CC[C@@H](n3c(=O)[nH]c4c(Br)cccc43)CC2)c1. The molecule has 0 aliphatic heterocycles. The largest absolute Gasteiger partial charge is 0.378 e. The van der Waals surface area contributed by atoms with E-state index in [4.69, 9.17) is 0 Å². The van der Waals surface area contributed by atoms with Gasteiger partial charge in [-0.05, 0) is 71.9 Å². The molecule has 1 fully saturated rings. The molecule has 1 aliphatic rings. The van der Waals surface area contributed by atoms with Crippen LogP contribution in [-0.2, 0) is 4.79 Å². The second-order valence-corrected chi connectivity index (χ2v) is 8.73. The average molecular weight is 457 g/mol. The molecule has 1 saturated carbocycles. The van der Waals surface area contributed by atoms with E-state index in [0.29, 0.717) is 0 Å². The molecule has 6 nitrogen and oxygen atoms in total. The molecule has 7 heteroatoms. The van der Waals surface area contributed by atoms with Gasteiger partial charge in [0.2, 0.25) is 5.91 Å². The van der Waals surface area contributed by atoms with Crippen molar-refractivity contribution in [3.63, 3.8) is 0 Å². The fourth-order valence-corrected chi connectivity index (χ4v) is 4.63. The Bertz CT molecular complexity index is 1090. The van der Waals surface area contributed by atoms with E-state index in [1.807, 2.05) is 66.0 Å². The van der Waals surface area contributed by atoms with Crippen LogP contribution in [0.2, 0.25) is 0 Å². The lowest BCUT2D eigenvalue weighted by Crippen LogP contribution is -2.31. The van der Waals surface area contributed by atoms with Gasteiger partial charge < -0.3 is 15.2 Å². The first kappa shape index (κ1) is 19.8. The molecule has 0 atom stereocenters. The number of aromatic amines is 1. The predicted molar refractivity (Wildman–Crippen MR) is 121 cm³/mol. The lowest BCUT2D eigenvalue weighted by molar-refractivity contribution is -0.121. The van der Waals surface area contributed by atoms with Crippen LogP contribution in [0, 0.1) is 5.92 Å². The van der Waals surface area contributed by atoms with Crippen LogP contribution in [-0.4, -0.2) is 29.6 Å². The molecule has 0 spiro atoms. The Morgan fingerprint density at radius 3 is 2.59 bits per heavy atom. The van der Waals surface area contributed by atoms with E-state index < -0.39 is 0 Å². The van der Waals surface area contributed by atoms with Gasteiger partial charge in [0.25, 0.3) is 0 Å².